The molecule has 0 N–H and O–H groups in total. The molecular weight excluding hydrogens is 238 g/mol. The first kappa shape index (κ1) is 12.9. The normalized spacial score (nSPS) is 18.2. The molecule has 0 aromatic heterocycles. The molecule has 0 radical (unpaired) electrons. The number of carbonyl (C=O) groups excluding carboxylic acids is 1. The van der Waals surface area contributed by atoms with Gasteiger partial charge in [-0.3, -0.25) is 4.79 Å². The van der Waals surface area contributed by atoms with Crippen LogP contribution in [0.4, 0.5) is 0 Å². The van der Waals surface area contributed by atoms with Crippen LogP contribution in [-0.2, 0) is 14.8 Å². The number of sulfonamides is 1. The summed E-state index contributed by atoms with van der Waals surface area (Å²) in [6, 6.07) is 0. The molecule has 0 aromatic carbocycles. The van der Waals surface area contributed by atoms with Crippen molar-refractivity contribution in [3.05, 3.63) is 0 Å². The van der Waals surface area contributed by atoms with Gasteiger partial charge in [0.25, 0.3) is 0 Å². The number of unbranched alkanes of at least 4 members (excludes halogenated alkanes) is 1. The molecule has 0 amide bonds. The summed E-state index contributed by atoms with van der Waals surface area (Å²) < 4.78 is 24.9. The lowest BCUT2D eigenvalue weighted by atomic mass is 10.3. The summed E-state index contributed by atoms with van der Waals surface area (Å²) in [5.74, 6) is 0.136. The van der Waals surface area contributed by atoms with Gasteiger partial charge in [0.1, 0.15) is 0 Å². The third-order valence-corrected chi connectivity index (χ3v) is 4.63. The summed E-state index contributed by atoms with van der Waals surface area (Å²) in [4.78, 5) is 10.4. The Morgan fingerprint density at radius 3 is 2.33 bits per heavy atom. The second kappa shape index (κ2) is 5.82. The predicted molar refractivity (Wildman–Crippen MR) is 59.3 cm³/mol. The zero-order valence-corrected chi connectivity index (χ0v) is 10.2. The fourth-order valence-corrected chi connectivity index (χ4v) is 3.42. The number of hydrogen-bond acceptors (Lipinski definition) is 3. The van der Waals surface area contributed by atoms with Gasteiger partial charge in [0.15, 0.2) is 0 Å². The standard InChI is InChI=1S/C9H16ClNO3S/c10-9(12)5-1-4-8-15(13,14)11-6-2-3-7-11/h1-8H2. The van der Waals surface area contributed by atoms with E-state index in [1.165, 1.54) is 4.31 Å². The van der Waals surface area contributed by atoms with Gasteiger partial charge >= 0.3 is 0 Å². The number of carbonyl (C=O) groups is 1. The number of hydrogen-bond donors (Lipinski definition) is 0. The van der Waals surface area contributed by atoms with Crippen LogP contribution in [0.15, 0.2) is 0 Å². The summed E-state index contributed by atoms with van der Waals surface area (Å²) in [7, 11) is -3.08. The fourth-order valence-electron chi connectivity index (χ4n) is 1.64. The second-order valence-electron chi connectivity index (χ2n) is 3.73. The molecule has 6 heteroatoms. The quantitative estimate of drug-likeness (QED) is 0.530. The van der Waals surface area contributed by atoms with Gasteiger partial charge in [-0.05, 0) is 37.3 Å². The minimum Gasteiger partial charge on any atom is -0.281 e. The van der Waals surface area contributed by atoms with Gasteiger partial charge in [0.2, 0.25) is 15.3 Å². The van der Waals surface area contributed by atoms with Gasteiger partial charge in [-0.25, -0.2) is 12.7 Å². The van der Waals surface area contributed by atoms with Crippen LogP contribution in [0.25, 0.3) is 0 Å². The first-order valence-corrected chi connectivity index (χ1v) is 7.17. The summed E-state index contributed by atoms with van der Waals surface area (Å²) in [6.45, 7) is 1.30. The number of halogens is 1. The van der Waals surface area contributed by atoms with Crippen molar-refractivity contribution in [3.8, 4) is 0 Å². The Morgan fingerprint density at radius 1 is 1.20 bits per heavy atom. The topological polar surface area (TPSA) is 54.5 Å². The average Bonchev–Trinajstić information content (AvgIpc) is 2.65. The molecule has 1 aliphatic heterocycles. The van der Waals surface area contributed by atoms with E-state index in [-0.39, 0.29) is 12.2 Å². The van der Waals surface area contributed by atoms with E-state index in [0.717, 1.165) is 12.8 Å². The third kappa shape index (κ3) is 4.49. The summed E-state index contributed by atoms with van der Waals surface area (Å²) in [5, 5.41) is -0.395. The van der Waals surface area contributed by atoms with E-state index in [9.17, 15) is 13.2 Å². The van der Waals surface area contributed by atoms with Crippen LogP contribution in [0.3, 0.4) is 0 Å². The summed E-state index contributed by atoms with van der Waals surface area (Å²) in [5.41, 5.74) is 0. The lowest BCUT2D eigenvalue weighted by Crippen LogP contribution is -2.30. The van der Waals surface area contributed by atoms with Crippen LogP contribution >= 0.6 is 11.6 Å². The molecule has 0 aromatic rings. The van der Waals surface area contributed by atoms with Crippen LogP contribution < -0.4 is 0 Å². The molecule has 0 bridgehead atoms. The van der Waals surface area contributed by atoms with Crippen LogP contribution in [0.1, 0.15) is 32.1 Å². The van der Waals surface area contributed by atoms with Gasteiger partial charge in [-0.1, -0.05) is 0 Å². The zero-order valence-electron chi connectivity index (χ0n) is 8.62. The highest BCUT2D eigenvalue weighted by atomic mass is 35.5. The van der Waals surface area contributed by atoms with E-state index in [1.807, 2.05) is 0 Å². The lowest BCUT2D eigenvalue weighted by molar-refractivity contribution is -0.111. The molecule has 0 saturated carbocycles. The van der Waals surface area contributed by atoms with Crippen molar-refractivity contribution in [3.63, 3.8) is 0 Å². The Balaban J connectivity index is 2.27. The lowest BCUT2D eigenvalue weighted by Gasteiger charge is -2.14. The van der Waals surface area contributed by atoms with Crippen molar-refractivity contribution >= 4 is 26.9 Å². The number of rotatable bonds is 6. The summed E-state index contributed by atoms with van der Waals surface area (Å²) in [6.07, 6.45) is 3.24. The van der Waals surface area contributed by atoms with Crippen LogP contribution in [0.2, 0.25) is 0 Å². The Bertz CT molecular complexity index is 309. The van der Waals surface area contributed by atoms with E-state index in [2.05, 4.69) is 0 Å². The maximum Gasteiger partial charge on any atom is 0.221 e. The largest absolute Gasteiger partial charge is 0.281 e. The maximum absolute atomic E-state index is 11.7. The van der Waals surface area contributed by atoms with Crippen LogP contribution in [-0.4, -0.2) is 36.8 Å². The maximum atomic E-state index is 11.7. The predicted octanol–water partition coefficient (Wildman–Crippen LogP) is 1.35. The van der Waals surface area contributed by atoms with Crippen molar-refractivity contribution in [1.29, 1.82) is 0 Å². The smallest absolute Gasteiger partial charge is 0.221 e. The minimum absolute atomic E-state index is 0.136. The van der Waals surface area contributed by atoms with Crippen molar-refractivity contribution in [2.24, 2.45) is 0 Å². The Labute approximate surface area is 95.6 Å². The molecule has 0 spiro atoms. The van der Waals surface area contributed by atoms with Gasteiger partial charge in [-0.15, -0.1) is 0 Å². The number of nitrogens with zero attached hydrogens (tertiary/aromatic N) is 1. The molecule has 1 heterocycles. The van der Waals surface area contributed by atoms with Gasteiger partial charge in [-0.2, -0.15) is 0 Å². The first-order valence-electron chi connectivity index (χ1n) is 5.18. The SMILES string of the molecule is O=C(Cl)CCCCS(=O)(=O)N1CCCC1. The molecule has 1 aliphatic rings. The van der Waals surface area contributed by atoms with E-state index in [1.54, 1.807) is 0 Å². The molecule has 15 heavy (non-hydrogen) atoms. The fraction of sp³-hybridized carbons (Fsp3) is 0.889. The Hall–Kier alpha value is -0.130. The second-order valence-corrected chi connectivity index (χ2v) is 6.24. The van der Waals surface area contributed by atoms with Crippen molar-refractivity contribution in [2.75, 3.05) is 18.8 Å². The van der Waals surface area contributed by atoms with Gasteiger partial charge < -0.3 is 0 Å². The van der Waals surface area contributed by atoms with Crippen LogP contribution in [0, 0.1) is 0 Å². The third-order valence-electron chi connectivity index (χ3n) is 2.48. The molecule has 0 unspecified atom stereocenters. The molecule has 88 valence electrons. The van der Waals surface area contributed by atoms with Gasteiger partial charge in [0, 0.05) is 19.5 Å². The molecule has 1 saturated heterocycles. The minimum atomic E-state index is -3.08. The van der Waals surface area contributed by atoms with Crippen LogP contribution in [0.5, 0.6) is 0 Å². The molecule has 0 aliphatic carbocycles. The first-order chi connectivity index (χ1) is 7.02. The van der Waals surface area contributed by atoms with Gasteiger partial charge in [0.05, 0.1) is 5.75 Å². The van der Waals surface area contributed by atoms with E-state index in [0.29, 0.717) is 25.9 Å². The Morgan fingerprint density at radius 2 is 1.80 bits per heavy atom. The molecular formula is C9H16ClNO3S. The molecule has 0 atom stereocenters. The zero-order chi connectivity index (χ0) is 11.3. The average molecular weight is 254 g/mol. The van der Waals surface area contributed by atoms with Crippen molar-refractivity contribution < 1.29 is 13.2 Å². The van der Waals surface area contributed by atoms with E-state index >= 15 is 0 Å². The molecule has 4 nitrogen and oxygen atoms in total. The highest BCUT2D eigenvalue weighted by Crippen LogP contribution is 2.14. The highest BCUT2D eigenvalue weighted by Gasteiger charge is 2.24. The Kier molecular flexibility index (Phi) is 5.02. The molecule has 1 fully saturated rings. The molecule has 1 rings (SSSR count). The van der Waals surface area contributed by atoms with E-state index < -0.39 is 15.3 Å². The van der Waals surface area contributed by atoms with Crippen molar-refractivity contribution in [2.45, 2.75) is 32.1 Å². The monoisotopic (exact) mass is 253 g/mol. The highest BCUT2D eigenvalue weighted by molar-refractivity contribution is 7.89. The summed E-state index contributed by atoms with van der Waals surface area (Å²) >= 11 is 5.16. The van der Waals surface area contributed by atoms with E-state index in [4.69, 9.17) is 11.6 Å². The van der Waals surface area contributed by atoms with Crippen molar-refractivity contribution in [1.82, 2.24) is 4.31 Å².